The zero-order chi connectivity index (χ0) is 14.7. The van der Waals surface area contributed by atoms with Crippen molar-refractivity contribution >= 4 is 5.97 Å². The van der Waals surface area contributed by atoms with Gasteiger partial charge in [0.15, 0.2) is 0 Å². The summed E-state index contributed by atoms with van der Waals surface area (Å²) in [5, 5.41) is 17.7. The first kappa shape index (κ1) is 13.7. The molecule has 5 heteroatoms. The molecule has 1 N–H and O–H groups in total. The fourth-order valence-electron chi connectivity index (χ4n) is 1.75. The Bertz CT molecular complexity index is 694. The normalized spacial score (nSPS) is 10.1. The maximum absolute atomic E-state index is 10.8. The van der Waals surface area contributed by atoms with E-state index in [0.717, 1.165) is 5.56 Å². The molecule has 2 aromatic rings. The van der Waals surface area contributed by atoms with Crippen LogP contribution in [-0.4, -0.2) is 11.1 Å². The van der Waals surface area contributed by atoms with E-state index in [9.17, 15) is 4.79 Å². The minimum absolute atomic E-state index is 0.108. The summed E-state index contributed by atoms with van der Waals surface area (Å²) < 4.78 is 10.7. The standard InChI is InChI=1S/C15H13NO4/c1-9-3-4-11(7-16)5-13(9)19-8-12-6-14(15(17)18)20-10(12)2/h3-6H,8H2,1-2H3,(H,17,18). The van der Waals surface area contributed by atoms with Crippen molar-refractivity contribution in [2.75, 3.05) is 0 Å². The minimum atomic E-state index is -1.11. The Balaban J connectivity index is 2.17. The molecule has 0 amide bonds. The molecule has 0 saturated heterocycles. The fraction of sp³-hybridized carbons (Fsp3) is 0.200. The van der Waals surface area contributed by atoms with Gasteiger partial charge < -0.3 is 14.3 Å². The monoisotopic (exact) mass is 271 g/mol. The van der Waals surface area contributed by atoms with Crippen molar-refractivity contribution in [3.05, 3.63) is 52.5 Å². The maximum atomic E-state index is 10.8. The molecule has 102 valence electrons. The molecule has 1 heterocycles. The first-order valence-corrected chi connectivity index (χ1v) is 5.97. The highest BCUT2D eigenvalue weighted by Crippen LogP contribution is 2.22. The number of nitriles is 1. The number of aromatic carboxylic acids is 1. The summed E-state index contributed by atoms with van der Waals surface area (Å²) in [6, 6.07) is 8.67. The SMILES string of the molecule is Cc1ccc(C#N)cc1OCc1cc(C(=O)O)oc1C. The van der Waals surface area contributed by atoms with Crippen LogP contribution in [-0.2, 0) is 6.61 Å². The first-order chi connectivity index (χ1) is 9.51. The van der Waals surface area contributed by atoms with Crippen LogP contribution in [0, 0.1) is 25.2 Å². The molecule has 5 nitrogen and oxygen atoms in total. The number of carbonyl (C=O) groups is 1. The molecule has 0 atom stereocenters. The fourth-order valence-corrected chi connectivity index (χ4v) is 1.75. The molecule has 1 aromatic heterocycles. The second kappa shape index (κ2) is 5.49. The molecule has 20 heavy (non-hydrogen) atoms. The summed E-state index contributed by atoms with van der Waals surface area (Å²) in [5.41, 5.74) is 2.09. The molecule has 0 aliphatic heterocycles. The number of carboxylic acid groups (broad SMARTS) is 1. The van der Waals surface area contributed by atoms with E-state index >= 15 is 0 Å². The highest BCUT2D eigenvalue weighted by Gasteiger charge is 2.13. The lowest BCUT2D eigenvalue weighted by Gasteiger charge is -2.08. The minimum Gasteiger partial charge on any atom is -0.488 e. The van der Waals surface area contributed by atoms with Gasteiger partial charge in [0.05, 0.1) is 11.6 Å². The third kappa shape index (κ3) is 2.81. The number of carboxylic acids is 1. The molecule has 0 unspecified atom stereocenters. The quantitative estimate of drug-likeness (QED) is 0.923. The van der Waals surface area contributed by atoms with Crippen LogP contribution in [0.25, 0.3) is 0 Å². The van der Waals surface area contributed by atoms with Gasteiger partial charge in [-0.1, -0.05) is 6.07 Å². The predicted octanol–water partition coefficient (Wildman–Crippen LogP) is 3.05. The van der Waals surface area contributed by atoms with E-state index in [1.165, 1.54) is 6.07 Å². The highest BCUT2D eigenvalue weighted by molar-refractivity contribution is 5.84. The molecule has 0 bridgehead atoms. The number of nitrogens with zero attached hydrogens (tertiary/aromatic N) is 1. The highest BCUT2D eigenvalue weighted by atomic mass is 16.5. The number of hydrogen-bond donors (Lipinski definition) is 1. The van der Waals surface area contributed by atoms with Gasteiger partial charge in [0.1, 0.15) is 18.1 Å². The smallest absolute Gasteiger partial charge is 0.371 e. The topological polar surface area (TPSA) is 83.5 Å². The Kier molecular flexibility index (Phi) is 3.76. The Morgan fingerprint density at radius 3 is 2.75 bits per heavy atom. The lowest BCUT2D eigenvalue weighted by Crippen LogP contribution is -1.98. The van der Waals surface area contributed by atoms with Crippen LogP contribution in [0.15, 0.2) is 28.7 Å². The predicted molar refractivity (Wildman–Crippen MR) is 70.6 cm³/mol. The van der Waals surface area contributed by atoms with Crippen molar-refractivity contribution in [2.24, 2.45) is 0 Å². The number of benzene rings is 1. The third-order valence-electron chi connectivity index (χ3n) is 2.93. The van der Waals surface area contributed by atoms with Gasteiger partial charge in [0.25, 0.3) is 0 Å². The van der Waals surface area contributed by atoms with Crippen LogP contribution in [0.4, 0.5) is 0 Å². The summed E-state index contributed by atoms with van der Waals surface area (Å²) in [4.78, 5) is 10.8. The average molecular weight is 271 g/mol. The van der Waals surface area contributed by atoms with Crippen LogP contribution < -0.4 is 4.74 Å². The van der Waals surface area contributed by atoms with Crippen LogP contribution in [0.1, 0.15) is 33.0 Å². The lowest BCUT2D eigenvalue weighted by molar-refractivity contribution is 0.0661. The van der Waals surface area contributed by atoms with Crippen molar-refractivity contribution in [1.82, 2.24) is 0 Å². The van der Waals surface area contributed by atoms with E-state index in [4.69, 9.17) is 19.5 Å². The van der Waals surface area contributed by atoms with Gasteiger partial charge in [-0.3, -0.25) is 0 Å². The third-order valence-corrected chi connectivity index (χ3v) is 2.93. The van der Waals surface area contributed by atoms with Crippen LogP contribution in [0.2, 0.25) is 0 Å². The number of aryl methyl sites for hydroxylation is 2. The van der Waals surface area contributed by atoms with Crippen molar-refractivity contribution < 1.29 is 19.1 Å². The summed E-state index contributed by atoms with van der Waals surface area (Å²) in [5.74, 6) is -0.108. The molecule has 0 aliphatic carbocycles. The van der Waals surface area contributed by atoms with E-state index in [-0.39, 0.29) is 12.4 Å². The molecular formula is C15H13NO4. The van der Waals surface area contributed by atoms with Gasteiger partial charge in [-0.25, -0.2) is 4.79 Å². The van der Waals surface area contributed by atoms with Crippen LogP contribution >= 0.6 is 0 Å². The van der Waals surface area contributed by atoms with Crippen molar-refractivity contribution in [1.29, 1.82) is 5.26 Å². The molecule has 2 rings (SSSR count). The van der Waals surface area contributed by atoms with Crippen LogP contribution in [0.5, 0.6) is 5.75 Å². The van der Waals surface area contributed by atoms with Crippen LogP contribution in [0.3, 0.4) is 0 Å². The Morgan fingerprint density at radius 2 is 2.15 bits per heavy atom. The molecule has 0 fully saturated rings. The Labute approximate surface area is 116 Å². The van der Waals surface area contributed by atoms with E-state index < -0.39 is 5.97 Å². The van der Waals surface area contributed by atoms with Gasteiger partial charge in [-0.05, 0) is 37.6 Å². The number of rotatable bonds is 4. The zero-order valence-electron chi connectivity index (χ0n) is 11.1. The number of hydrogen-bond acceptors (Lipinski definition) is 4. The molecule has 0 radical (unpaired) electrons. The zero-order valence-corrected chi connectivity index (χ0v) is 11.1. The van der Waals surface area contributed by atoms with Gasteiger partial charge >= 0.3 is 5.97 Å². The van der Waals surface area contributed by atoms with Gasteiger partial charge in [-0.15, -0.1) is 0 Å². The molecule has 0 aliphatic rings. The van der Waals surface area contributed by atoms with Gasteiger partial charge in [0.2, 0.25) is 5.76 Å². The Morgan fingerprint density at radius 1 is 1.40 bits per heavy atom. The van der Waals surface area contributed by atoms with E-state index in [2.05, 4.69) is 0 Å². The average Bonchev–Trinajstić information content (AvgIpc) is 2.79. The largest absolute Gasteiger partial charge is 0.488 e. The van der Waals surface area contributed by atoms with Gasteiger partial charge in [0, 0.05) is 5.56 Å². The van der Waals surface area contributed by atoms with Gasteiger partial charge in [-0.2, -0.15) is 5.26 Å². The second-order valence-corrected chi connectivity index (χ2v) is 4.38. The van der Waals surface area contributed by atoms with Crippen molar-refractivity contribution in [2.45, 2.75) is 20.5 Å². The summed E-state index contributed by atoms with van der Waals surface area (Å²) in [7, 11) is 0. The maximum Gasteiger partial charge on any atom is 0.371 e. The molecule has 1 aromatic carbocycles. The number of ether oxygens (including phenoxy) is 1. The van der Waals surface area contributed by atoms with E-state index in [0.29, 0.717) is 22.6 Å². The number of furan rings is 1. The molecular weight excluding hydrogens is 258 g/mol. The Hall–Kier alpha value is -2.74. The summed E-state index contributed by atoms with van der Waals surface area (Å²) >= 11 is 0. The first-order valence-electron chi connectivity index (χ1n) is 5.97. The van der Waals surface area contributed by atoms with Crippen molar-refractivity contribution in [3.8, 4) is 11.8 Å². The second-order valence-electron chi connectivity index (χ2n) is 4.38. The lowest BCUT2D eigenvalue weighted by atomic mass is 10.1. The summed E-state index contributed by atoms with van der Waals surface area (Å²) in [6.07, 6.45) is 0. The van der Waals surface area contributed by atoms with E-state index in [1.807, 2.05) is 13.0 Å². The summed E-state index contributed by atoms with van der Waals surface area (Å²) in [6.45, 7) is 3.75. The molecule has 0 saturated carbocycles. The van der Waals surface area contributed by atoms with Crippen molar-refractivity contribution in [3.63, 3.8) is 0 Å². The van der Waals surface area contributed by atoms with E-state index in [1.54, 1.807) is 25.1 Å². The molecule has 0 spiro atoms.